The minimum atomic E-state index is -0.0757. The second-order valence-corrected chi connectivity index (χ2v) is 5.76. The Bertz CT molecular complexity index is 397. The highest BCUT2D eigenvalue weighted by atomic mass is 16.5. The van der Waals surface area contributed by atoms with Crippen LogP contribution in [0.5, 0.6) is 0 Å². The van der Waals surface area contributed by atoms with Gasteiger partial charge in [-0.25, -0.2) is 0 Å². The number of hydrogen-bond donors (Lipinski definition) is 0. The number of carbonyl (C=O) groups excluding carboxylic acids is 1. The van der Waals surface area contributed by atoms with Crippen molar-refractivity contribution < 1.29 is 9.53 Å². The summed E-state index contributed by atoms with van der Waals surface area (Å²) in [5, 5.41) is 0. The molecule has 1 aromatic carbocycles. The molecule has 0 aromatic heterocycles. The van der Waals surface area contributed by atoms with Crippen LogP contribution in [0.3, 0.4) is 0 Å². The minimum Gasteiger partial charge on any atom is -0.466 e. The highest BCUT2D eigenvalue weighted by Crippen LogP contribution is 2.09. The zero-order valence-electron chi connectivity index (χ0n) is 13.8. The molecule has 0 bridgehead atoms. The van der Waals surface area contributed by atoms with E-state index in [9.17, 15) is 4.79 Å². The minimum absolute atomic E-state index is 0.0757. The van der Waals surface area contributed by atoms with E-state index in [1.54, 1.807) is 0 Å². The molecule has 0 fully saturated rings. The van der Waals surface area contributed by atoms with Crippen molar-refractivity contribution in [2.75, 3.05) is 6.61 Å². The lowest BCUT2D eigenvalue weighted by Gasteiger charge is -2.05. The van der Waals surface area contributed by atoms with E-state index in [1.165, 1.54) is 37.7 Å². The normalized spacial score (nSPS) is 10.4. The molecule has 0 saturated heterocycles. The fourth-order valence-corrected chi connectivity index (χ4v) is 2.42. The van der Waals surface area contributed by atoms with Gasteiger partial charge < -0.3 is 4.74 Å². The molecule has 0 aliphatic carbocycles. The molecule has 0 aliphatic heterocycles. The predicted octanol–water partition coefficient (Wildman–Crippen LogP) is 5.47. The SMILES string of the molecule is C=CCCCCCCCCCOC(=O)CCc1ccccc1. The van der Waals surface area contributed by atoms with E-state index in [0.29, 0.717) is 13.0 Å². The number of hydrogen-bond acceptors (Lipinski definition) is 2. The molecule has 0 aliphatic rings. The lowest BCUT2D eigenvalue weighted by molar-refractivity contribution is -0.143. The first-order valence-electron chi connectivity index (χ1n) is 8.63. The molecule has 1 rings (SSSR count). The van der Waals surface area contributed by atoms with Crippen molar-refractivity contribution >= 4 is 5.97 Å². The van der Waals surface area contributed by atoms with Crippen LogP contribution in [0, 0.1) is 0 Å². The maximum absolute atomic E-state index is 11.6. The first kappa shape index (κ1) is 18.5. The highest BCUT2D eigenvalue weighted by Gasteiger charge is 2.03. The average molecular weight is 302 g/mol. The van der Waals surface area contributed by atoms with Gasteiger partial charge in [-0.05, 0) is 31.2 Å². The molecular weight excluding hydrogens is 272 g/mol. The van der Waals surface area contributed by atoms with Crippen molar-refractivity contribution in [3.05, 3.63) is 48.6 Å². The summed E-state index contributed by atoms with van der Waals surface area (Å²) in [5.41, 5.74) is 1.19. The van der Waals surface area contributed by atoms with E-state index in [1.807, 2.05) is 36.4 Å². The summed E-state index contributed by atoms with van der Waals surface area (Å²) in [4.78, 5) is 11.6. The number of allylic oxidation sites excluding steroid dienone is 1. The Morgan fingerprint density at radius 3 is 2.27 bits per heavy atom. The summed E-state index contributed by atoms with van der Waals surface area (Å²) >= 11 is 0. The average Bonchev–Trinajstić information content (AvgIpc) is 2.55. The third-order valence-electron chi connectivity index (χ3n) is 3.78. The number of aryl methyl sites for hydroxylation is 1. The van der Waals surface area contributed by atoms with Crippen molar-refractivity contribution in [3.63, 3.8) is 0 Å². The molecule has 0 radical (unpaired) electrons. The molecule has 2 nitrogen and oxygen atoms in total. The maximum atomic E-state index is 11.6. The topological polar surface area (TPSA) is 26.3 Å². The number of ether oxygens (including phenoxy) is 1. The summed E-state index contributed by atoms with van der Waals surface area (Å²) in [6, 6.07) is 10.1. The van der Waals surface area contributed by atoms with Gasteiger partial charge in [-0.3, -0.25) is 4.79 Å². The Balaban J connectivity index is 1.87. The summed E-state index contributed by atoms with van der Waals surface area (Å²) in [7, 11) is 0. The lowest BCUT2D eigenvalue weighted by atomic mass is 10.1. The van der Waals surface area contributed by atoms with Gasteiger partial charge in [0.1, 0.15) is 0 Å². The van der Waals surface area contributed by atoms with Gasteiger partial charge in [0.15, 0.2) is 0 Å². The second-order valence-electron chi connectivity index (χ2n) is 5.76. The van der Waals surface area contributed by atoms with Crippen LogP contribution in [0.25, 0.3) is 0 Å². The third kappa shape index (κ3) is 10.2. The number of benzene rings is 1. The number of esters is 1. The van der Waals surface area contributed by atoms with Crippen LogP contribution in [-0.4, -0.2) is 12.6 Å². The molecule has 1 aromatic rings. The molecule has 0 unspecified atom stereocenters. The van der Waals surface area contributed by atoms with E-state index < -0.39 is 0 Å². The lowest BCUT2D eigenvalue weighted by Crippen LogP contribution is -2.07. The summed E-state index contributed by atoms with van der Waals surface area (Å²) < 4.78 is 5.27. The van der Waals surface area contributed by atoms with Gasteiger partial charge in [0.25, 0.3) is 0 Å². The Labute approximate surface area is 135 Å². The summed E-state index contributed by atoms with van der Waals surface area (Å²) in [6.07, 6.45) is 12.9. The Kier molecular flexibility index (Phi) is 11.0. The molecular formula is C20H30O2. The van der Waals surface area contributed by atoms with Crippen LogP contribution in [-0.2, 0) is 16.0 Å². The van der Waals surface area contributed by atoms with Crippen molar-refractivity contribution in [1.29, 1.82) is 0 Å². The van der Waals surface area contributed by atoms with Crippen LogP contribution < -0.4 is 0 Å². The molecule has 0 N–H and O–H groups in total. The third-order valence-corrected chi connectivity index (χ3v) is 3.78. The largest absolute Gasteiger partial charge is 0.466 e. The van der Waals surface area contributed by atoms with Crippen LogP contribution >= 0.6 is 0 Å². The number of unbranched alkanes of at least 4 members (excludes halogenated alkanes) is 7. The zero-order valence-corrected chi connectivity index (χ0v) is 13.8. The van der Waals surface area contributed by atoms with Crippen molar-refractivity contribution in [2.45, 2.75) is 64.2 Å². The molecule has 22 heavy (non-hydrogen) atoms. The predicted molar refractivity (Wildman–Crippen MR) is 92.9 cm³/mol. The van der Waals surface area contributed by atoms with Crippen molar-refractivity contribution in [3.8, 4) is 0 Å². The molecule has 122 valence electrons. The van der Waals surface area contributed by atoms with Crippen LogP contribution in [0.4, 0.5) is 0 Å². The summed E-state index contributed by atoms with van der Waals surface area (Å²) in [6.45, 7) is 4.30. The van der Waals surface area contributed by atoms with Gasteiger partial charge in [0.05, 0.1) is 6.61 Å². The first-order valence-corrected chi connectivity index (χ1v) is 8.63. The van der Waals surface area contributed by atoms with E-state index in [-0.39, 0.29) is 5.97 Å². The zero-order chi connectivity index (χ0) is 15.9. The fourth-order valence-electron chi connectivity index (χ4n) is 2.42. The van der Waals surface area contributed by atoms with E-state index in [2.05, 4.69) is 6.58 Å². The smallest absolute Gasteiger partial charge is 0.306 e. The Morgan fingerprint density at radius 1 is 0.955 bits per heavy atom. The van der Waals surface area contributed by atoms with E-state index >= 15 is 0 Å². The molecule has 0 spiro atoms. The van der Waals surface area contributed by atoms with Crippen molar-refractivity contribution in [2.24, 2.45) is 0 Å². The summed E-state index contributed by atoms with van der Waals surface area (Å²) in [5.74, 6) is -0.0757. The Morgan fingerprint density at radius 2 is 1.59 bits per heavy atom. The van der Waals surface area contributed by atoms with Gasteiger partial charge in [-0.15, -0.1) is 6.58 Å². The molecule has 2 heteroatoms. The van der Waals surface area contributed by atoms with E-state index in [4.69, 9.17) is 4.74 Å². The van der Waals surface area contributed by atoms with E-state index in [0.717, 1.165) is 25.7 Å². The van der Waals surface area contributed by atoms with Gasteiger partial charge in [-0.2, -0.15) is 0 Å². The van der Waals surface area contributed by atoms with Crippen LogP contribution in [0.15, 0.2) is 43.0 Å². The second kappa shape index (κ2) is 13.1. The molecule has 0 heterocycles. The first-order chi connectivity index (χ1) is 10.8. The van der Waals surface area contributed by atoms with Crippen LogP contribution in [0.1, 0.15) is 63.4 Å². The van der Waals surface area contributed by atoms with Gasteiger partial charge in [-0.1, -0.05) is 68.5 Å². The number of rotatable bonds is 13. The van der Waals surface area contributed by atoms with Gasteiger partial charge >= 0.3 is 5.97 Å². The Hall–Kier alpha value is -1.57. The quantitative estimate of drug-likeness (QED) is 0.274. The maximum Gasteiger partial charge on any atom is 0.306 e. The molecule has 0 amide bonds. The molecule has 0 atom stereocenters. The monoisotopic (exact) mass is 302 g/mol. The van der Waals surface area contributed by atoms with Crippen molar-refractivity contribution in [1.82, 2.24) is 0 Å². The van der Waals surface area contributed by atoms with Crippen LogP contribution in [0.2, 0.25) is 0 Å². The standard InChI is InChI=1S/C20H30O2/c1-2-3-4-5-6-7-8-9-13-18-22-20(21)17-16-19-14-11-10-12-15-19/h2,10-12,14-15H,1,3-9,13,16-18H2. The van der Waals surface area contributed by atoms with Gasteiger partial charge in [0, 0.05) is 6.42 Å². The highest BCUT2D eigenvalue weighted by molar-refractivity contribution is 5.69. The van der Waals surface area contributed by atoms with Gasteiger partial charge in [0.2, 0.25) is 0 Å². The number of carbonyl (C=O) groups is 1. The fraction of sp³-hybridized carbons (Fsp3) is 0.550. The molecule has 0 saturated carbocycles.